The Balaban J connectivity index is 2.18. The van der Waals surface area contributed by atoms with Crippen LogP contribution in [0, 0.1) is 6.92 Å². The van der Waals surface area contributed by atoms with Crippen molar-refractivity contribution in [3.63, 3.8) is 0 Å². The van der Waals surface area contributed by atoms with Crippen molar-refractivity contribution in [1.82, 2.24) is 9.88 Å². The minimum Gasteiger partial charge on any atom is -0.508 e. The Morgan fingerprint density at radius 3 is 2.70 bits per heavy atom. The molecule has 5 nitrogen and oxygen atoms in total. The Kier molecular flexibility index (Phi) is 3.89. The maximum atomic E-state index is 12.2. The lowest BCUT2D eigenvalue weighted by Gasteiger charge is -2.17. The lowest BCUT2D eigenvalue weighted by Crippen LogP contribution is -2.26. The smallest absolute Gasteiger partial charge is 0.257 e. The summed E-state index contributed by atoms with van der Waals surface area (Å²) in [6, 6.07) is 9.46. The molecule has 0 spiro atoms. The Morgan fingerprint density at radius 1 is 1.25 bits per heavy atom. The van der Waals surface area contributed by atoms with Gasteiger partial charge in [-0.15, -0.1) is 0 Å². The fourth-order valence-corrected chi connectivity index (χ4v) is 1.90. The normalized spacial score (nSPS) is 10.3. The van der Waals surface area contributed by atoms with Crippen LogP contribution in [0.15, 0.2) is 36.4 Å². The molecule has 0 saturated heterocycles. The molecule has 2 N–H and O–H groups in total. The molecular weight excluding hydrogens is 256 g/mol. The monoisotopic (exact) mass is 272 g/mol. The van der Waals surface area contributed by atoms with Gasteiger partial charge < -0.3 is 15.1 Å². The van der Waals surface area contributed by atoms with Crippen molar-refractivity contribution in [1.29, 1.82) is 0 Å². The van der Waals surface area contributed by atoms with Gasteiger partial charge in [-0.25, -0.2) is 0 Å². The first-order chi connectivity index (χ1) is 9.47. The Bertz CT molecular complexity index is 641. The van der Waals surface area contributed by atoms with Gasteiger partial charge in [0.1, 0.15) is 11.5 Å². The summed E-state index contributed by atoms with van der Waals surface area (Å²) in [5.41, 5.74) is 1.71. The van der Waals surface area contributed by atoms with Gasteiger partial charge in [-0.1, -0.05) is 6.07 Å². The van der Waals surface area contributed by atoms with Gasteiger partial charge in [-0.3, -0.25) is 9.78 Å². The quantitative estimate of drug-likeness (QED) is 0.839. The SMILES string of the molecule is Cc1cccc(CN(C)C(=O)c2cc(O)ccc2O)n1. The fraction of sp³-hybridized carbons (Fsp3) is 0.200. The van der Waals surface area contributed by atoms with E-state index in [0.29, 0.717) is 6.54 Å². The molecule has 0 radical (unpaired) electrons. The number of phenols is 2. The molecule has 104 valence electrons. The highest BCUT2D eigenvalue weighted by Crippen LogP contribution is 2.23. The van der Waals surface area contributed by atoms with Crippen LogP contribution in [0.5, 0.6) is 11.5 Å². The molecule has 0 atom stereocenters. The molecule has 1 heterocycles. The molecule has 0 aliphatic heterocycles. The van der Waals surface area contributed by atoms with Gasteiger partial charge in [0, 0.05) is 12.7 Å². The molecule has 0 aliphatic rings. The van der Waals surface area contributed by atoms with Crippen LogP contribution >= 0.6 is 0 Å². The zero-order chi connectivity index (χ0) is 14.7. The van der Waals surface area contributed by atoms with Crippen LogP contribution in [0.2, 0.25) is 0 Å². The second-order valence-electron chi connectivity index (χ2n) is 4.63. The third-order valence-corrected chi connectivity index (χ3v) is 2.90. The maximum Gasteiger partial charge on any atom is 0.257 e. The van der Waals surface area contributed by atoms with E-state index < -0.39 is 0 Å². The van der Waals surface area contributed by atoms with E-state index in [2.05, 4.69) is 4.98 Å². The summed E-state index contributed by atoms with van der Waals surface area (Å²) in [7, 11) is 1.62. The van der Waals surface area contributed by atoms with Crippen molar-refractivity contribution in [3.05, 3.63) is 53.3 Å². The zero-order valence-electron chi connectivity index (χ0n) is 11.4. The lowest BCUT2D eigenvalue weighted by molar-refractivity contribution is 0.0780. The molecule has 0 fully saturated rings. The number of carbonyl (C=O) groups is 1. The highest BCUT2D eigenvalue weighted by Gasteiger charge is 2.17. The van der Waals surface area contributed by atoms with E-state index in [1.807, 2.05) is 25.1 Å². The fourth-order valence-electron chi connectivity index (χ4n) is 1.90. The number of carbonyl (C=O) groups excluding carboxylic acids is 1. The topological polar surface area (TPSA) is 73.7 Å². The Hall–Kier alpha value is -2.56. The third kappa shape index (κ3) is 3.06. The molecule has 20 heavy (non-hydrogen) atoms. The van der Waals surface area contributed by atoms with Crippen LogP contribution in [0.3, 0.4) is 0 Å². The van der Waals surface area contributed by atoms with Crippen LogP contribution < -0.4 is 0 Å². The van der Waals surface area contributed by atoms with Gasteiger partial charge in [0.15, 0.2) is 0 Å². The van der Waals surface area contributed by atoms with Crippen molar-refractivity contribution in [2.45, 2.75) is 13.5 Å². The van der Waals surface area contributed by atoms with E-state index in [0.717, 1.165) is 11.4 Å². The van der Waals surface area contributed by atoms with Crippen molar-refractivity contribution < 1.29 is 15.0 Å². The minimum absolute atomic E-state index is 0.0618. The van der Waals surface area contributed by atoms with Gasteiger partial charge in [-0.05, 0) is 37.3 Å². The molecule has 1 amide bonds. The number of benzene rings is 1. The summed E-state index contributed by atoms with van der Waals surface area (Å²) >= 11 is 0. The molecule has 2 rings (SSSR count). The second-order valence-corrected chi connectivity index (χ2v) is 4.63. The van der Waals surface area contributed by atoms with Gasteiger partial charge in [-0.2, -0.15) is 0 Å². The second kappa shape index (κ2) is 5.61. The summed E-state index contributed by atoms with van der Waals surface area (Å²) in [5.74, 6) is -0.591. The zero-order valence-corrected chi connectivity index (χ0v) is 11.4. The highest BCUT2D eigenvalue weighted by atomic mass is 16.3. The largest absolute Gasteiger partial charge is 0.508 e. The first-order valence-electron chi connectivity index (χ1n) is 6.17. The van der Waals surface area contributed by atoms with Gasteiger partial charge in [0.05, 0.1) is 17.8 Å². The van der Waals surface area contributed by atoms with Crippen molar-refractivity contribution in [2.24, 2.45) is 0 Å². The predicted molar refractivity (Wildman–Crippen MR) is 74.5 cm³/mol. The summed E-state index contributed by atoms with van der Waals surface area (Å²) in [6.07, 6.45) is 0. The van der Waals surface area contributed by atoms with Crippen LogP contribution in [0.1, 0.15) is 21.7 Å². The average molecular weight is 272 g/mol. The molecule has 2 aromatic rings. The summed E-state index contributed by atoms with van der Waals surface area (Å²) in [5, 5.41) is 19.1. The van der Waals surface area contributed by atoms with E-state index in [-0.39, 0.29) is 23.0 Å². The third-order valence-electron chi connectivity index (χ3n) is 2.90. The van der Waals surface area contributed by atoms with E-state index in [1.165, 1.54) is 23.1 Å². The van der Waals surface area contributed by atoms with Crippen LogP contribution in [-0.4, -0.2) is 33.1 Å². The number of nitrogens with zero attached hydrogens (tertiary/aromatic N) is 2. The van der Waals surface area contributed by atoms with Crippen molar-refractivity contribution in [2.75, 3.05) is 7.05 Å². The molecule has 1 aromatic heterocycles. The maximum absolute atomic E-state index is 12.2. The van der Waals surface area contributed by atoms with E-state index in [9.17, 15) is 15.0 Å². The van der Waals surface area contributed by atoms with Crippen molar-refractivity contribution in [3.8, 4) is 11.5 Å². The molecular formula is C15H16N2O3. The van der Waals surface area contributed by atoms with Crippen LogP contribution in [0.4, 0.5) is 0 Å². The van der Waals surface area contributed by atoms with Gasteiger partial charge in [0.2, 0.25) is 0 Å². The van der Waals surface area contributed by atoms with Crippen LogP contribution in [0.25, 0.3) is 0 Å². The summed E-state index contributed by atoms with van der Waals surface area (Å²) in [6.45, 7) is 2.21. The number of hydrogen-bond acceptors (Lipinski definition) is 4. The Labute approximate surface area is 117 Å². The Morgan fingerprint density at radius 2 is 2.00 bits per heavy atom. The molecule has 0 unspecified atom stereocenters. The van der Waals surface area contributed by atoms with Gasteiger partial charge >= 0.3 is 0 Å². The molecule has 1 aromatic carbocycles. The average Bonchev–Trinajstić information content (AvgIpc) is 2.40. The molecule has 5 heteroatoms. The van der Waals surface area contributed by atoms with Crippen LogP contribution in [-0.2, 0) is 6.54 Å². The number of aromatic hydroxyl groups is 2. The number of phenolic OH excluding ortho intramolecular Hbond substituents is 2. The number of pyridine rings is 1. The molecule has 0 bridgehead atoms. The molecule has 0 saturated carbocycles. The lowest BCUT2D eigenvalue weighted by atomic mass is 10.1. The predicted octanol–water partition coefficient (Wildman–Crippen LogP) is 2.07. The highest BCUT2D eigenvalue weighted by molar-refractivity contribution is 5.97. The standard InChI is InChI=1S/C15H16N2O3/c1-10-4-3-5-11(16-10)9-17(2)15(20)13-8-12(18)6-7-14(13)19/h3-8,18-19H,9H2,1-2H3. The summed E-state index contributed by atoms with van der Waals surface area (Å²) < 4.78 is 0. The van der Waals surface area contributed by atoms with Crippen molar-refractivity contribution >= 4 is 5.91 Å². The number of hydrogen-bond donors (Lipinski definition) is 2. The summed E-state index contributed by atoms with van der Waals surface area (Å²) in [4.78, 5) is 18.0. The van der Waals surface area contributed by atoms with E-state index >= 15 is 0 Å². The van der Waals surface area contributed by atoms with Gasteiger partial charge in [0.25, 0.3) is 5.91 Å². The first kappa shape index (κ1) is 13.9. The molecule has 0 aliphatic carbocycles. The number of amides is 1. The number of rotatable bonds is 3. The first-order valence-corrected chi connectivity index (χ1v) is 6.17. The number of aryl methyl sites for hydroxylation is 1. The van der Waals surface area contributed by atoms with E-state index in [4.69, 9.17) is 0 Å². The minimum atomic E-state index is -0.373. The van der Waals surface area contributed by atoms with E-state index in [1.54, 1.807) is 7.05 Å². The number of aromatic nitrogens is 1.